The largest absolute Gasteiger partial charge is 0.508 e. The Morgan fingerprint density at radius 2 is 1.69 bits per heavy atom. The number of rotatable bonds is 3. The number of piperidine rings is 1. The quantitative estimate of drug-likeness (QED) is 0.923. The van der Waals surface area contributed by atoms with Crippen LogP contribution in [-0.4, -0.2) is 47.8 Å². The summed E-state index contributed by atoms with van der Waals surface area (Å²) in [6.45, 7) is 3.29. The monoisotopic (exact) mass is 352 g/mol. The molecule has 2 aromatic carbocycles. The number of benzene rings is 2. The van der Waals surface area contributed by atoms with E-state index in [9.17, 15) is 9.90 Å². The number of ether oxygens (including phenoxy) is 1. The maximum absolute atomic E-state index is 12.3. The van der Waals surface area contributed by atoms with Gasteiger partial charge in [-0.25, -0.2) is 0 Å². The van der Waals surface area contributed by atoms with E-state index in [1.54, 1.807) is 6.07 Å². The predicted octanol–water partition coefficient (Wildman–Crippen LogP) is 2.79. The van der Waals surface area contributed by atoms with Crippen molar-refractivity contribution in [2.24, 2.45) is 0 Å². The predicted molar refractivity (Wildman–Crippen MR) is 100 cm³/mol. The van der Waals surface area contributed by atoms with Crippen LogP contribution in [0, 0.1) is 0 Å². The lowest BCUT2D eigenvalue weighted by Gasteiger charge is -2.47. The first-order chi connectivity index (χ1) is 12.7. The minimum absolute atomic E-state index is 0.0264. The molecule has 2 aliphatic rings. The molecule has 2 aromatic rings. The van der Waals surface area contributed by atoms with Crippen LogP contribution in [0.5, 0.6) is 5.75 Å². The summed E-state index contributed by atoms with van der Waals surface area (Å²) in [5.74, 6) is 0.376. The number of amides is 1. The first kappa shape index (κ1) is 17.1. The Morgan fingerprint density at radius 1 is 1.00 bits per heavy atom. The Bertz CT molecular complexity index is 770. The third-order valence-corrected chi connectivity index (χ3v) is 5.47. The molecule has 1 spiro atoms. The first-order valence-electron chi connectivity index (χ1n) is 9.14. The number of morpholine rings is 1. The Labute approximate surface area is 153 Å². The van der Waals surface area contributed by atoms with Crippen molar-refractivity contribution < 1.29 is 14.6 Å². The Kier molecular flexibility index (Phi) is 4.66. The van der Waals surface area contributed by atoms with Crippen LogP contribution in [-0.2, 0) is 16.1 Å². The van der Waals surface area contributed by atoms with Gasteiger partial charge in [0.05, 0.1) is 12.1 Å². The molecule has 1 amide bonds. The zero-order valence-electron chi connectivity index (χ0n) is 14.8. The lowest BCUT2D eigenvalue weighted by molar-refractivity contribution is -0.145. The summed E-state index contributed by atoms with van der Waals surface area (Å²) in [5.41, 5.74) is 1.63. The van der Waals surface area contributed by atoms with Crippen molar-refractivity contribution in [1.82, 2.24) is 4.90 Å². The van der Waals surface area contributed by atoms with Gasteiger partial charge in [0.25, 0.3) is 5.91 Å². The molecule has 5 nitrogen and oxygen atoms in total. The normalized spacial score (nSPS) is 20.5. The number of phenols is 1. The smallest absolute Gasteiger partial charge is 0.253 e. The lowest BCUT2D eigenvalue weighted by atomic mass is 9.88. The van der Waals surface area contributed by atoms with E-state index in [-0.39, 0.29) is 18.1 Å². The minimum atomic E-state index is -0.265. The molecule has 1 N–H and O–H groups in total. The van der Waals surface area contributed by atoms with Crippen LogP contribution in [0.4, 0.5) is 5.69 Å². The van der Waals surface area contributed by atoms with Crippen molar-refractivity contribution >= 4 is 11.6 Å². The Balaban J connectivity index is 1.41. The van der Waals surface area contributed by atoms with Gasteiger partial charge in [0, 0.05) is 30.9 Å². The van der Waals surface area contributed by atoms with Gasteiger partial charge in [-0.2, -0.15) is 0 Å². The van der Waals surface area contributed by atoms with Gasteiger partial charge in [0.1, 0.15) is 12.4 Å². The van der Waals surface area contributed by atoms with E-state index < -0.39 is 0 Å². The van der Waals surface area contributed by atoms with E-state index in [1.165, 1.54) is 0 Å². The number of hydrogen-bond acceptors (Lipinski definition) is 4. The molecule has 2 aliphatic heterocycles. The van der Waals surface area contributed by atoms with E-state index in [1.807, 2.05) is 53.4 Å². The van der Waals surface area contributed by atoms with E-state index in [2.05, 4.69) is 4.90 Å². The maximum atomic E-state index is 12.3. The molecule has 2 heterocycles. The summed E-state index contributed by atoms with van der Waals surface area (Å²) in [5, 5.41) is 9.98. The summed E-state index contributed by atoms with van der Waals surface area (Å²) in [6, 6.07) is 17.3. The van der Waals surface area contributed by atoms with E-state index >= 15 is 0 Å². The number of hydrogen-bond donors (Lipinski definition) is 1. The summed E-state index contributed by atoms with van der Waals surface area (Å²) in [6.07, 6.45) is 1.77. The lowest BCUT2D eigenvalue weighted by Crippen LogP contribution is -2.58. The van der Waals surface area contributed by atoms with Crippen molar-refractivity contribution in [2.45, 2.75) is 25.0 Å². The van der Waals surface area contributed by atoms with Crippen LogP contribution in [0.1, 0.15) is 18.4 Å². The zero-order valence-corrected chi connectivity index (χ0v) is 14.8. The fourth-order valence-corrected chi connectivity index (χ4v) is 3.86. The highest BCUT2D eigenvalue weighted by atomic mass is 16.5. The van der Waals surface area contributed by atoms with Crippen LogP contribution in [0.3, 0.4) is 0 Å². The van der Waals surface area contributed by atoms with Gasteiger partial charge in [-0.3, -0.25) is 9.69 Å². The number of para-hydroxylation sites is 2. The van der Waals surface area contributed by atoms with Crippen LogP contribution < -0.4 is 4.90 Å². The van der Waals surface area contributed by atoms with Crippen molar-refractivity contribution in [3.8, 4) is 5.75 Å². The average molecular weight is 352 g/mol. The number of anilines is 1. The highest BCUT2D eigenvalue weighted by Gasteiger charge is 2.42. The Morgan fingerprint density at radius 3 is 2.42 bits per heavy atom. The molecule has 0 unspecified atom stereocenters. The zero-order chi connectivity index (χ0) is 18.0. The molecule has 0 atom stereocenters. The SMILES string of the molecule is O=C1COC2(CCN(Cc3ccccc3O)CC2)CN1c1ccccc1. The number of aromatic hydroxyl groups is 1. The second kappa shape index (κ2) is 7.09. The Hall–Kier alpha value is -2.37. The molecule has 0 saturated carbocycles. The van der Waals surface area contributed by atoms with Gasteiger partial charge in [-0.15, -0.1) is 0 Å². The fraction of sp³-hybridized carbons (Fsp3) is 0.381. The summed E-state index contributed by atoms with van der Waals surface area (Å²) in [4.78, 5) is 16.5. The van der Waals surface area contributed by atoms with Gasteiger partial charge in [0.2, 0.25) is 0 Å². The number of likely N-dealkylation sites (tertiary alicyclic amines) is 1. The van der Waals surface area contributed by atoms with E-state index in [0.29, 0.717) is 12.3 Å². The first-order valence-corrected chi connectivity index (χ1v) is 9.14. The molecular formula is C21H24N2O3. The summed E-state index contributed by atoms with van der Waals surface area (Å²) < 4.78 is 6.03. The molecule has 5 heteroatoms. The topological polar surface area (TPSA) is 53.0 Å². The van der Waals surface area contributed by atoms with Crippen LogP contribution >= 0.6 is 0 Å². The standard InChI is InChI=1S/C21H24N2O3/c24-19-9-5-4-6-17(19)14-22-12-10-21(11-13-22)16-23(20(25)15-26-21)18-7-2-1-3-8-18/h1-9,24H,10-16H2. The summed E-state index contributed by atoms with van der Waals surface area (Å²) in [7, 11) is 0. The van der Waals surface area contributed by atoms with Gasteiger partial charge in [-0.05, 0) is 31.0 Å². The third kappa shape index (κ3) is 3.45. The number of nitrogens with zero attached hydrogens (tertiary/aromatic N) is 2. The average Bonchev–Trinajstić information content (AvgIpc) is 2.68. The van der Waals surface area contributed by atoms with Gasteiger partial charge < -0.3 is 14.7 Å². The second-order valence-corrected chi connectivity index (χ2v) is 7.19. The number of carbonyl (C=O) groups is 1. The van der Waals surface area contributed by atoms with Crippen molar-refractivity contribution in [3.05, 3.63) is 60.2 Å². The van der Waals surface area contributed by atoms with Crippen molar-refractivity contribution in [3.63, 3.8) is 0 Å². The number of phenolic OH excluding ortho intramolecular Hbond substituents is 1. The molecule has 0 aromatic heterocycles. The van der Waals surface area contributed by atoms with Gasteiger partial charge in [-0.1, -0.05) is 36.4 Å². The molecule has 0 aliphatic carbocycles. The highest BCUT2D eigenvalue weighted by Crippen LogP contribution is 2.33. The maximum Gasteiger partial charge on any atom is 0.253 e. The molecule has 26 heavy (non-hydrogen) atoms. The highest BCUT2D eigenvalue weighted by molar-refractivity contribution is 5.95. The molecule has 0 radical (unpaired) electrons. The van der Waals surface area contributed by atoms with Crippen LogP contribution in [0.2, 0.25) is 0 Å². The fourth-order valence-electron chi connectivity index (χ4n) is 3.86. The molecule has 2 fully saturated rings. The van der Waals surface area contributed by atoms with Crippen molar-refractivity contribution in [1.29, 1.82) is 0 Å². The third-order valence-electron chi connectivity index (χ3n) is 5.47. The minimum Gasteiger partial charge on any atom is -0.508 e. The molecule has 4 rings (SSSR count). The van der Waals surface area contributed by atoms with Gasteiger partial charge >= 0.3 is 0 Å². The molecule has 0 bridgehead atoms. The second-order valence-electron chi connectivity index (χ2n) is 7.19. The molecule has 136 valence electrons. The molecule has 2 saturated heterocycles. The summed E-state index contributed by atoms with van der Waals surface area (Å²) >= 11 is 0. The van der Waals surface area contributed by atoms with Crippen molar-refractivity contribution in [2.75, 3.05) is 31.1 Å². The van der Waals surface area contributed by atoms with Crippen LogP contribution in [0.15, 0.2) is 54.6 Å². The van der Waals surface area contributed by atoms with E-state index in [4.69, 9.17) is 4.74 Å². The van der Waals surface area contributed by atoms with Crippen LogP contribution in [0.25, 0.3) is 0 Å². The van der Waals surface area contributed by atoms with E-state index in [0.717, 1.165) is 43.7 Å². The number of carbonyl (C=O) groups excluding carboxylic acids is 1. The molecular weight excluding hydrogens is 328 g/mol. The van der Waals surface area contributed by atoms with Gasteiger partial charge in [0.15, 0.2) is 0 Å².